The smallest absolute Gasteiger partial charge is 0.147 e. The van der Waals surface area contributed by atoms with Crippen molar-refractivity contribution in [3.8, 4) is 5.75 Å². The topological polar surface area (TPSA) is 21.3 Å². The largest absolute Gasteiger partial charge is 0.492 e. The summed E-state index contributed by atoms with van der Waals surface area (Å²) in [6.45, 7) is 9.04. The highest BCUT2D eigenvalue weighted by atomic mass is 79.9. The molecule has 0 bridgehead atoms. The van der Waals surface area contributed by atoms with Gasteiger partial charge in [-0.3, -0.25) is 0 Å². The van der Waals surface area contributed by atoms with E-state index in [1.165, 1.54) is 11.1 Å². The first kappa shape index (κ1) is 17.7. The third-order valence-corrected chi connectivity index (χ3v) is 4.09. The van der Waals surface area contributed by atoms with Gasteiger partial charge in [0.1, 0.15) is 5.75 Å². The monoisotopic (exact) mass is 403 g/mol. The van der Waals surface area contributed by atoms with Crippen molar-refractivity contribution in [2.24, 2.45) is 0 Å². The summed E-state index contributed by atoms with van der Waals surface area (Å²) in [4.78, 5) is 0. The first-order chi connectivity index (χ1) is 9.62. The summed E-state index contributed by atoms with van der Waals surface area (Å²) in [5.41, 5.74) is 2.59. The SMILES string of the molecule is CCCNCC(=Cc1cc(Br)c(OCC)c(Br)c1)CC. The van der Waals surface area contributed by atoms with Crippen molar-refractivity contribution < 1.29 is 4.74 Å². The van der Waals surface area contributed by atoms with Gasteiger partial charge in [0.15, 0.2) is 0 Å². The van der Waals surface area contributed by atoms with Gasteiger partial charge >= 0.3 is 0 Å². The van der Waals surface area contributed by atoms with Crippen molar-refractivity contribution >= 4 is 37.9 Å². The van der Waals surface area contributed by atoms with Crippen molar-refractivity contribution in [1.29, 1.82) is 0 Å². The fourth-order valence-electron chi connectivity index (χ4n) is 1.88. The summed E-state index contributed by atoms with van der Waals surface area (Å²) in [7, 11) is 0. The van der Waals surface area contributed by atoms with Crippen LogP contribution in [0.5, 0.6) is 5.75 Å². The maximum absolute atomic E-state index is 5.61. The minimum atomic E-state index is 0.660. The molecule has 0 saturated carbocycles. The molecule has 0 aliphatic heterocycles. The Balaban J connectivity index is 2.89. The fraction of sp³-hybridized carbons (Fsp3) is 0.500. The molecular weight excluding hydrogens is 382 g/mol. The van der Waals surface area contributed by atoms with Gasteiger partial charge in [-0.2, -0.15) is 0 Å². The van der Waals surface area contributed by atoms with Crippen LogP contribution in [0, 0.1) is 0 Å². The second-order valence-corrected chi connectivity index (χ2v) is 6.29. The van der Waals surface area contributed by atoms with Gasteiger partial charge in [0, 0.05) is 6.54 Å². The molecule has 0 radical (unpaired) electrons. The number of halogens is 2. The Morgan fingerprint density at radius 1 is 1.20 bits per heavy atom. The van der Waals surface area contributed by atoms with Crippen LogP contribution in [0.3, 0.4) is 0 Å². The van der Waals surface area contributed by atoms with E-state index in [0.717, 1.165) is 40.6 Å². The van der Waals surface area contributed by atoms with Gasteiger partial charge in [-0.05, 0) is 75.9 Å². The van der Waals surface area contributed by atoms with Crippen molar-refractivity contribution in [3.05, 3.63) is 32.2 Å². The number of ether oxygens (including phenoxy) is 1. The highest BCUT2D eigenvalue weighted by Gasteiger charge is 2.08. The van der Waals surface area contributed by atoms with E-state index in [1.807, 2.05) is 6.92 Å². The number of hydrogen-bond acceptors (Lipinski definition) is 2. The van der Waals surface area contributed by atoms with Gasteiger partial charge in [-0.15, -0.1) is 0 Å². The molecule has 0 unspecified atom stereocenters. The van der Waals surface area contributed by atoms with E-state index in [2.05, 4.69) is 69.2 Å². The molecule has 0 aliphatic carbocycles. The van der Waals surface area contributed by atoms with Crippen molar-refractivity contribution in [2.45, 2.75) is 33.6 Å². The van der Waals surface area contributed by atoms with E-state index in [1.54, 1.807) is 0 Å². The van der Waals surface area contributed by atoms with E-state index >= 15 is 0 Å². The van der Waals surface area contributed by atoms with Crippen molar-refractivity contribution in [1.82, 2.24) is 5.32 Å². The molecule has 0 amide bonds. The van der Waals surface area contributed by atoms with Crippen LogP contribution in [0.25, 0.3) is 6.08 Å². The Hall–Kier alpha value is -0.320. The van der Waals surface area contributed by atoms with Crippen LogP contribution in [-0.4, -0.2) is 19.7 Å². The number of rotatable bonds is 8. The van der Waals surface area contributed by atoms with Gasteiger partial charge in [0.05, 0.1) is 15.6 Å². The maximum Gasteiger partial charge on any atom is 0.147 e. The molecule has 0 spiro atoms. The Kier molecular flexibility index (Phi) is 8.50. The molecule has 1 N–H and O–H groups in total. The highest BCUT2D eigenvalue weighted by Crippen LogP contribution is 2.35. The zero-order valence-electron chi connectivity index (χ0n) is 12.4. The maximum atomic E-state index is 5.61. The van der Waals surface area contributed by atoms with Crippen LogP contribution in [0.4, 0.5) is 0 Å². The molecule has 0 fully saturated rings. The molecule has 1 rings (SSSR count). The molecule has 20 heavy (non-hydrogen) atoms. The van der Waals surface area contributed by atoms with Gasteiger partial charge in [-0.25, -0.2) is 0 Å². The summed E-state index contributed by atoms with van der Waals surface area (Å²) in [6.07, 6.45) is 4.46. The third kappa shape index (κ3) is 5.58. The Bertz CT molecular complexity index is 435. The number of benzene rings is 1. The molecule has 2 nitrogen and oxygen atoms in total. The average molecular weight is 405 g/mol. The minimum Gasteiger partial charge on any atom is -0.492 e. The molecule has 112 valence electrons. The lowest BCUT2D eigenvalue weighted by molar-refractivity contribution is 0.336. The lowest BCUT2D eigenvalue weighted by atomic mass is 10.1. The average Bonchev–Trinajstić information content (AvgIpc) is 2.42. The summed E-state index contributed by atoms with van der Waals surface area (Å²) in [5.74, 6) is 0.867. The molecule has 0 aromatic heterocycles. The molecule has 1 aromatic rings. The lowest BCUT2D eigenvalue weighted by Crippen LogP contribution is -2.17. The highest BCUT2D eigenvalue weighted by molar-refractivity contribution is 9.11. The van der Waals surface area contributed by atoms with E-state index in [9.17, 15) is 0 Å². The minimum absolute atomic E-state index is 0.660. The van der Waals surface area contributed by atoms with Gasteiger partial charge in [0.25, 0.3) is 0 Å². The van der Waals surface area contributed by atoms with Crippen molar-refractivity contribution in [2.75, 3.05) is 19.7 Å². The Morgan fingerprint density at radius 3 is 2.35 bits per heavy atom. The first-order valence-corrected chi connectivity index (χ1v) is 8.72. The first-order valence-electron chi connectivity index (χ1n) is 7.14. The second kappa shape index (κ2) is 9.59. The van der Waals surface area contributed by atoms with Crippen LogP contribution in [0.15, 0.2) is 26.7 Å². The number of hydrogen-bond donors (Lipinski definition) is 1. The number of nitrogens with one attached hydrogen (secondary N) is 1. The Morgan fingerprint density at radius 2 is 1.85 bits per heavy atom. The fourth-order valence-corrected chi connectivity index (χ4v) is 3.34. The normalized spacial score (nSPS) is 11.8. The van der Waals surface area contributed by atoms with E-state index in [-0.39, 0.29) is 0 Å². The predicted octanol–water partition coefficient (Wildman–Crippen LogP) is 5.40. The van der Waals surface area contributed by atoms with E-state index in [0.29, 0.717) is 6.61 Å². The van der Waals surface area contributed by atoms with Gasteiger partial charge in [0.2, 0.25) is 0 Å². The Labute approximate surface area is 139 Å². The van der Waals surface area contributed by atoms with Gasteiger partial charge in [-0.1, -0.05) is 25.5 Å². The van der Waals surface area contributed by atoms with Crippen LogP contribution >= 0.6 is 31.9 Å². The zero-order valence-corrected chi connectivity index (χ0v) is 15.6. The quantitative estimate of drug-likeness (QED) is 0.585. The predicted molar refractivity (Wildman–Crippen MR) is 94.4 cm³/mol. The summed E-state index contributed by atoms with van der Waals surface area (Å²) < 4.78 is 7.57. The molecule has 4 heteroatoms. The van der Waals surface area contributed by atoms with Crippen LogP contribution in [-0.2, 0) is 0 Å². The van der Waals surface area contributed by atoms with E-state index in [4.69, 9.17) is 4.74 Å². The van der Waals surface area contributed by atoms with Crippen LogP contribution in [0.2, 0.25) is 0 Å². The summed E-state index contributed by atoms with van der Waals surface area (Å²) >= 11 is 7.15. The molecule has 0 saturated heterocycles. The van der Waals surface area contributed by atoms with Crippen LogP contribution < -0.4 is 10.1 Å². The molecule has 0 atom stereocenters. The third-order valence-electron chi connectivity index (χ3n) is 2.91. The lowest BCUT2D eigenvalue weighted by Gasteiger charge is -2.11. The standard InChI is InChI=1S/C16H23Br2NO/c1-4-7-19-11-12(5-2)8-13-9-14(17)16(20-6-3)15(18)10-13/h8-10,19H,4-7,11H2,1-3H3. The summed E-state index contributed by atoms with van der Waals surface area (Å²) in [5, 5.41) is 3.45. The summed E-state index contributed by atoms with van der Waals surface area (Å²) in [6, 6.07) is 4.20. The van der Waals surface area contributed by atoms with E-state index < -0.39 is 0 Å². The van der Waals surface area contributed by atoms with Crippen molar-refractivity contribution in [3.63, 3.8) is 0 Å². The molecule has 0 aliphatic rings. The van der Waals surface area contributed by atoms with Crippen LogP contribution in [0.1, 0.15) is 39.2 Å². The molecular formula is C16H23Br2NO. The zero-order chi connectivity index (χ0) is 15.0. The molecule has 0 heterocycles. The second-order valence-electron chi connectivity index (χ2n) is 4.58. The van der Waals surface area contributed by atoms with Gasteiger partial charge < -0.3 is 10.1 Å². The molecule has 1 aromatic carbocycles.